The van der Waals surface area contributed by atoms with Gasteiger partial charge in [-0.25, -0.2) is 13.9 Å². The van der Waals surface area contributed by atoms with Crippen molar-refractivity contribution in [2.75, 3.05) is 13.2 Å². The van der Waals surface area contributed by atoms with Crippen LogP contribution in [0.25, 0.3) is 0 Å². The molecule has 29 heavy (non-hydrogen) atoms. The van der Waals surface area contributed by atoms with Crippen LogP contribution in [0.5, 0.6) is 0 Å². The van der Waals surface area contributed by atoms with Crippen molar-refractivity contribution in [3.63, 3.8) is 0 Å². The molecule has 8 nitrogen and oxygen atoms in total. The third-order valence-corrected chi connectivity index (χ3v) is 4.25. The minimum Gasteiger partial charge on any atom is -0.454 e. The first kappa shape index (κ1) is 20.1. The molecule has 1 amide bonds. The Labute approximate surface area is 166 Å². The first-order valence-electron chi connectivity index (χ1n) is 9.06. The molecule has 1 aromatic heterocycles. The molecular formula is C20H20FN5O3. The highest BCUT2D eigenvalue weighted by Gasteiger charge is 2.24. The zero-order valence-electron chi connectivity index (χ0n) is 15.6. The zero-order valence-corrected chi connectivity index (χ0v) is 15.6. The number of nitrogens with zero attached hydrogens (tertiary/aromatic N) is 4. The fourth-order valence-electron chi connectivity index (χ4n) is 2.76. The van der Waals surface area contributed by atoms with Crippen LogP contribution >= 0.6 is 0 Å². The van der Waals surface area contributed by atoms with E-state index in [0.717, 1.165) is 5.56 Å². The number of hydrogen-bond acceptors (Lipinski definition) is 6. The van der Waals surface area contributed by atoms with E-state index < -0.39 is 24.5 Å². The minimum atomic E-state index is -0.793. The average Bonchev–Trinajstić information content (AvgIpc) is 3.27. The number of tetrazole rings is 1. The predicted molar refractivity (Wildman–Crippen MR) is 101 cm³/mol. The quantitative estimate of drug-likeness (QED) is 0.550. The number of nitrogens with one attached hydrogen (secondary N) is 1. The molecule has 0 bridgehead atoms. The Balaban J connectivity index is 1.50. The molecule has 0 saturated heterocycles. The summed E-state index contributed by atoms with van der Waals surface area (Å²) in [5.74, 6) is -1.41. The Bertz CT molecular complexity index is 934. The van der Waals surface area contributed by atoms with Gasteiger partial charge in [-0.15, -0.1) is 5.10 Å². The first-order chi connectivity index (χ1) is 14.1. The lowest BCUT2D eigenvalue weighted by Gasteiger charge is -2.15. The van der Waals surface area contributed by atoms with Gasteiger partial charge in [-0.3, -0.25) is 4.79 Å². The summed E-state index contributed by atoms with van der Waals surface area (Å²) in [5, 5.41) is 13.5. The molecule has 0 spiro atoms. The number of esters is 1. The fourth-order valence-corrected chi connectivity index (χ4v) is 2.76. The van der Waals surface area contributed by atoms with Gasteiger partial charge in [0.05, 0.1) is 0 Å². The molecule has 1 N–H and O–H groups in total. The molecule has 1 atom stereocenters. The van der Waals surface area contributed by atoms with Gasteiger partial charge in [0.15, 0.2) is 12.6 Å². The van der Waals surface area contributed by atoms with Gasteiger partial charge >= 0.3 is 5.97 Å². The molecule has 0 unspecified atom stereocenters. The van der Waals surface area contributed by atoms with Crippen LogP contribution in [0, 0.1) is 5.82 Å². The Kier molecular flexibility index (Phi) is 6.99. The lowest BCUT2D eigenvalue weighted by atomic mass is 10.1. The van der Waals surface area contributed by atoms with Crippen molar-refractivity contribution in [1.29, 1.82) is 0 Å². The van der Waals surface area contributed by atoms with Gasteiger partial charge in [0.1, 0.15) is 12.1 Å². The topological polar surface area (TPSA) is 99.0 Å². The van der Waals surface area contributed by atoms with Gasteiger partial charge in [0.25, 0.3) is 5.91 Å². The zero-order chi connectivity index (χ0) is 20.5. The standard InChI is InChI=1S/C20H20FN5O3/c21-17-9-5-4-8-16(17)10-11-22-19(27)13-29-20(28)18(26-14-23-24-25-26)12-15-6-2-1-3-7-15/h1-9,14,18H,10-13H2,(H,22,27)/t18-/m0/s1. The van der Waals surface area contributed by atoms with Crippen LogP contribution in [-0.2, 0) is 27.2 Å². The molecular weight excluding hydrogens is 377 g/mol. The van der Waals surface area contributed by atoms with E-state index in [1.54, 1.807) is 18.2 Å². The molecule has 0 aliphatic heterocycles. The van der Waals surface area contributed by atoms with E-state index in [9.17, 15) is 14.0 Å². The second-order valence-electron chi connectivity index (χ2n) is 6.29. The van der Waals surface area contributed by atoms with E-state index in [2.05, 4.69) is 20.8 Å². The van der Waals surface area contributed by atoms with Crippen LogP contribution in [0.15, 0.2) is 60.9 Å². The average molecular weight is 397 g/mol. The van der Waals surface area contributed by atoms with Crippen molar-refractivity contribution >= 4 is 11.9 Å². The first-order valence-corrected chi connectivity index (χ1v) is 9.06. The Morgan fingerprint density at radius 3 is 2.59 bits per heavy atom. The van der Waals surface area contributed by atoms with Crippen LogP contribution in [0.3, 0.4) is 0 Å². The molecule has 3 rings (SSSR count). The number of carbonyl (C=O) groups is 2. The van der Waals surface area contributed by atoms with Gasteiger partial charge in [0.2, 0.25) is 0 Å². The van der Waals surface area contributed by atoms with Gasteiger partial charge in [-0.05, 0) is 34.0 Å². The molecule has 150 valence electrons. The van der Waals surface area contributed by atoms with Gasteiger partial charge in [-0.1, -0.05) is 48.5 Å². The number of ether oxygens (including phenoxy) is 1. The van der Waals surface area contributed by atoms with Crippen LogP contribution < -0.4 is 5.32 Å². The summed E-state index contributed by atoms with van der Waals surface area (Å²) < 4.78 is 20.0. The summed E-state index contributed by atoms with van der Waals surface area (Å²) >= 11 is 0. The third-order valence-electron chi connectivity index (χ3n) is 4.25. The van der Waals surface area contributed by atoms with Crippen molar-refractivity contribution in [3.05, 3.63) is 77.9 Å². The monoisotopic (exact) mass is 397 g/mol. The number of amides is 1. The molecule has 1 heterocycles. The molecule has 0 fully saturated rings. The van der Waals surface area contributed by atoms with Gasteiger partial charge < -0.3 is 10.1 Å². The summed E-state index contributed by atoms with van der Waals surface area (Å²) in [5.41, 5.74) is 1.41. The SMILES string of the molecule is O=C(COC(=O)[C@H](Cc1ccccc1)n1cnnn1)NCCc1ccccc1F. The smallest absolute Gasteiger partial charge is 0.331 e. The fraction of sp³-hybridized carbons (Fsp3) is 0.250. The van der Waals surface area contributed by atoms with Crippen LogP contribution in [0.1, 0.15) is 17.2 Å². The largest absolute Gasteiger partial charge is 0.454 e. The van der Waals surface area contributed by atoms with Gasteiger partial charge in [0, 0.05) is 13.0 Å². The van der Waals surface area contributed by atoms with Crippen molar-refractivity contribution in [2.45, 2.75) is 18.9 Å². The van der Waals surface area contributed by atoms with E-state index in [0.29, 0.717) is 18.4 Å². The van der Waals surface area contributed by atoms with Crippen molar-refractivity contribution in [3.8, 4) is 0 Å². The minimum absolute atomic E-state index is 0.234. The number of halogens is 1. The van der Waals surface area contributed by atoms with Crippen molar-refractivity contribution < 1.29 is 18.7 Å². The summed E-state index contributed by atoms with van der Waals surface area (Å²) in [6.45, 7) is -0.207. The van der Waals surface area contributed by atoms with E-state index in [4.69, 9.17) is 4.74 Å². The number of aromatic nitrogens is 4. The summed E-state index contributed by atoms with van der Waals surface area (Å²) in [7, 11) is 0. The van der Waals surface area contributed by atoms with Crippen LogP contribution in [0.2, 0.25) is 0 Å². The van der Waals surface area contributed by atoms with E-state index in [-0.39, 0.29) is 12.4 Å². The summed E-state index contributed by atoms with van der Waals surface area (Å²) in [6.07, 6.45) is 1.98. The molecule has 0 aliphatic rings. The molecule has 3 aromatic rings. The predicted octanol–water partition coefficient (Wildman–Crippen LogP) is 1.50. The maximum absolute atomic E-state index is 13.6. The molecule has 9 heteroatoms. The van der Waals surface area contributed by atoms with Crippen LogP contribution in [0.4, 0.5) is 4.39 Å². The Morgan fingerprint density at radius 2 is 1.86 bits per heavy atom. The third kappa shape index (κ3) is 5.93. The highest BCUT2D eigenvalue weighted by molar-refractivity contribution is 5.81. The van der Waals surface area contributed by atoms with Crippen LogP contribution in [-0.4, -0.2) is 45.2 Å². The molecule has 0 radical (unpaired) electrons. The Morgan fingerprint density at radius 1 is 1.10 bits per heavy atom. The van der Waals surface area contributed by atoms with Gasteiger partial charge in [-0.2, -0.15) is 0 Å². The van der Waals surface area contributed by atoms with Crippen molar-refractivity contribution in [2.24, 2.45) is 0 Å². The molecule has 2 aromatic carbocycles. The highest BCUT2D eigenvalue weighted by Crippen LogP contribution is 2.14. The summed E-state index contributed by atoms with van der Waals surface area (Å²) in [4.78, 5) is 24.5. The van der Waals surface area contributed by atoms with E-state index in [1.165, 1.54) is 17.1 Å². The van der Waals surface area contributed by atoms with Crippen molar-refractivity contribution in [1.82, 2.24) is 25.5 Å². The summed E-state index contributed by atoms with van der Waals surface area (Å²) in [6, 6.07) is 14.9. The maximum atomic E-state index is 13.6. The second kappa shape index (κ2) is 10.1. The van der Waals surface area contributed by atoms with E-state index >= 15 is 0 Å². The number of hydrogen-bond donors (Lipinski definition) is 1. The molecule has 0 aliphatic carbocycles. The lowest BCUT2D eigenvalue weighted by Crippen LogP contribution is -2.33. The number of carbonyl (C=O) groups excluding carboxylic acids is 2. The lowest BCUT2D eigenvalue weighted by molar-refractivity contribution is -0.152. The normalized spacial score (nSPS) is 11.6. The molecule has 0 saturated carbocycles. The Hall–Kier alpha value is -3.62. The highest BCUT2D eigenvalue weighted by atomic mass is 19.1. The second-order valence-corrected chi connectivity index (χ2v) is 6.29. The van der Waals surface area contributed by atoms with E-state index in [1.807, 2.05) is 30.3 Å². The number of benzene rings is 2. The maximum Gasteiger partial charge on any atom is 0.331 e. The number of rotatable bonds is 9.